The number of carbonyl (C=O) groups is 1. The van der Waals surface area contributed by atoms with Gasteiger partial charge in [0.15, 0.2) is 0 Å². The Kier molecular flexibility index (Phi) is 3.12. The lowest BCUT2D eigenvalue weighted by molar-refractivity contribution is -0.115. The molecule has 6 heteroatoms. The highest BCUT2D eigenvalue weighted by Gasteiger charge is 2.21. The molecule has 0 fully saturated rings. The number of amides is 1. The molecule has 0 aliphatic carbocycles. The molecule has 2 aromatic heterocycles. The second-order valence-corrected chi connectivity index (χ2v) is 6.24. The lowest BCUT2D eigenvalue weighted by Crippen LogP contribution is -2.03. The van der Waals surface area contributed by atoms with Gasteiger partial charge in [-0.2, -0.15) is 5.10 Å². The summed E-state index contributed by atoms with van der Waals surface area (Å²) in [5.74, 6) is -0.289. The van der Waals surface area contributed by atoms with Crippen LogP contribution in [0.2, 0.25) is 0 Å². The first-order valence-electron chi connectivity index (χ1n) is 8.20. The van der Waals surface area contributed by atoms with E-state index in [4.69, 9.17) is 0 Å². The molecule has 4 aromatic rings. The number of carbonyl (C=O) groups excluding carboxylic acids is 1. The van der Waals surface area contributed by atoms with Crippen LogP contribution in [0.1, 0.15) is 5.56 Å². The van der Waals surface area contributed by atoms with E-state index in [0.29, 0.717) is 6.42 Å². The van der Waals surface area contributed by atoms with Gasteiger partial charge >= 0.3 is 0 Å². The SMILES string of the molecule is O=C1Cc2cc(-c3c(-c4ccc(F)cc4)nn4cnccc34)ccc2N1. The van der Waals surface area contributed by atoms with Crippen molar-refractivity contribution in [2.45, 2.75) is 6.42 Å². The lowest BCUT2D eigenvalue weighted by Gasteiger charge is -2.06. The predicted octanol–water partition coefficient (Wildman–Crippen LogP) is 3.70. The Morgan fingerprint density at radius 3 is 2.69 bits per heavy atom. The van der Waals surface area contributed by atoms with Gasteiger partial charge in [-0.25, -0.2) is 13.9 Å². The molecule has 0 radical (unpaired) electrons. The Hall–Kier alpha value is -3.54. The number of nitrogens with one attached hydrogen (secondary N) is 1. The van der Waals surface area contributed by atoms with Gasteiger partial charge in [0.1, 0.15) is 17.8 Å². The zero-order chi connectivity index (χ0) is 17.7. The fourth-order valence-electron chi connectivity index (χ4n) is 3.39. The Morgan fingerprint density at radius 2 is 1.85 bits per heavy atom. The van der Waals surface area contributed by atoms with Crippen molar-refractivity contribution in [1.29, 1.82) is 0 Å². The minimum atomic E-state index is -0.289. The molecule has 1 N–H and O–H groups in total. The maximum atomic E-state index is 13.3. The number of hydrogen-bond donors (Lipinski definition) is 1. The van der Waals surface area contributed by atoms with Crippen molar-refractivity contribution < 1.29 is 9.18 Å². The number of anilines is 1. The van der Waals surface area contributed by atoms with Crippen molar-refractivity contribution in [3.63, 3.8) is 0 Å². The highest BCUT2D eigenvalue weighted by atomic mass is 19.1. The molecular weight excluding hydrogens is 331 g/mol. The molecule has 26 heavy (non-hydrogen) atoms. The van der Waals surface area contributed by atoms with Crippen LogP contribution in [0.4, 0.5) is 10.1 Å². The molecule has 5 nitrogen and oxygen atoms in total. The topological polar surface area (TPSA) is 59.3 Å². The van der Waals surface area contributed by atoms with E-state index in [0.717, 1.165) is 39.2 Å². The van der Waals surface area contributed by atoms with Crippen LogP contribution in [0, 0.1) is 5.82 Å². The zero-order valence-electron chi connectivity index (χ0n) is 13.6. The quantitative estimate of drug-likeness (QED) is 0.603. The van der Waals surface area contributed by atoms with Crippen LogP contribution in [-0.2, 0) is 11.2 Å². The third kappa shape index (κ3) is 2.27. The lowest BCUT2D eigenvalue weighted by atomic mass is 9.97. The predicted molar refractivity (Wildman–Crippen MR) is 96.2 cm³/mol. The molecule has 0 atom stereocenters. The third-order valence-corrected chi connectivity index (χ3v) is 4.58. The molecule has 126 valence electrons. The van der Waals surface area contributed by atoms with Gasteiger partial charge in [0.05, 0.1) is 11.9 Å². The molecule has 0 saturated heterocycles. The van der Waals surface area contributed by atoms with E-state index in [1.807, 2.05) is 24.3 Å². The van der Waals surface area contributed by atoms with Crippen LogP contribution in [0.25, 0.3) is 27.9 Å². The van der Waals surface area contributed by atoms with Gasteiger partial charge in [0.2, 0.25) is 5.91 Å². The summed E-state index contributed by atoms with van der Waals surface area (Å²) in [4.78, 5) is 15.8. The van der Waals surface area contributed by atoms with Gasteiger partial charge in [-0.05, 0) is 53.6 Å². The van der Waals surface area contributed by atoms with E-state index in [9.17, 15) is 9.18 Å². The molecule has 1 aliphatic rings. The van der Waals surface area contributed by atoms with Gasteiger partial charge in [-0.15, -0.1) is 0 Å². The monoisotopic (exact) mass is 344 g/mol. The molecule has 0 unspecified atom stereocenters. The fourth-order valence-corrected chi connectivity index (χ4v) is 3.39. The maximum Gasteiger partial charge on any atom is 0.228 e. The average molecular weight is 344 g/mol. The first-order valence-corrected chi connectivity index (χ1v) is 8.20. The van der Waals surface area contributed by atoms with Gasteiger partial charge in [0.25, 0.3) is 0 Å². The number of aromatic nitrogens is 3. The highest BCUT2D eigenvalue weighted by molar-refractivity contribution is 6.01. The van der Waals surface area contributed by atoms with Gasteiger partial charge in [-0.3, -0.25) is 4.79 Å². The van der Waals surface area contributed by atoms with E-state index >= 15 is 0 Å². The second kappa shape index (κ2) is 5.49. The number of fused-ring (bicyclic) bond motifs is 2. The van der Waals surface area contributed by atoms with Crippen LogP contribution >= 0.6 is 0 Å². The first kappa shape index (κ1) is 14.8. The second-order valence-electron chi connectivity index (χ2n) is 6.24. The van der Waals surface area contributed by atoms with Crippen LogP contribution < -0.4 is 5.32 Å². The van der Waals surface area contributed by atoms with Crippen molar-refractivity contribution in [2.24, 2.45) is 0 Å². The Labute approximate surface area is 148 Å². The van der Waals surface area contributed by atoms with Crippen LogP contribution in [0.5, 0.6) is 0 Å². The summed E-state index contributed by atoms with van der Waals surface area (Å²) in [6, 6.07) is 14.1. The van der Waals surface area contributed by atoms with E-state index < -0.39 is 0 Å². The van der Waals surface area contributed by atoms with E-state index in [1.54, 1.807) is 29.2 Å². The summed E-state index contributed by atoms with van der Waals surface area (Å²) in [5.41, 5.74) is 6.17. The van der Waals surface area contributed by atoms with Crippen molar-refractivity contribution in [3.05, 3.63) is 72.4 Å². The van der Waals surface area contributed by atoms with Crippen molar-refractivity contribution in [2.75, 3.05) is 5.32 Å². The molecule has 0 bridgehead atoms. The summed E-state index contributed by atoms with van der Waals surface area (Å²) >= 11 is 0. The molecule has 0 saturated carbocycles. The Balaban J connectivity index is 1.76. The van der Waals surface area contributed by atoms with Gasteiger partial charge in [0, 0.05) is 23.0 Å². The Morgan fingerprint density at radius 1 is 1.04 bits per heavy atom. The molecule has 2 aromatic carbocycles. The van der Waals surface area contributed by atoms with E-state index in [-0.39, 0.29) is 11.7 Å². The number of benzene rings is 2. The summed E-state index contributed by atoms with van der Waals surface area (Å²) < 4.78 is 15.1. The number of halogens is 1. The molecule has 0 spiro atoms. The minimum Gasteiger partial charge on any atom is -0.326 e. The average Bonchev–Trinajstić information content (AvgIpc) is 3.21. The number of hydrogen-bond acceptors (Lipinski definition) is 3. The normalized spacial score (nSPS) is 13.0. The third-order valence-electron chi connectivity index (χ3n) is 4.58. The molecule has 5 rings (SSSR count). The molecule has 1 amide bonds. The van der Waals surface area contributed by atoms with Crippen LogP contribution in [0.3, 0.4) is 0 Å². The van der Waals surface area contributed by atoms with Gasteiger partial charge < -0.3 is 5.32 Å². The number of rotatable bonds is 2. The van der Waals surface area contributed by atoms with Crippen molar-refractivity contribution in [3.8, 4) is 22.4 Å². The largest absolute Gasteiger partial charge is 0.326 e. The van der Waals surface area contributed by atoms with Crippen LogP contribution in [-0.4, -0.2) is 20.5 Å². The smallest absolute Gasteiger partial charge is 0.228 e. The summed E-state index contributed by atoms with van der Waals surface area (Å²) in [6.45, 7) is 0. The highest BCUT2D eigenvalue weighted by Crippen LogP contribution is 2.37. The standard InChI is InChI=1S/C20H13FN4O/c21-15-4-1-12(2-5-15)20-19(17-7-8-22-11-25(17)24-20)13-3-6-16-14(9-13)10-18(26)23-16/h1-9,11H,10H2,(H,23,26). The summed E-state index contributed by atoms with van der Waals surface area (Å²) in [5, 5.41) is 7.49. The Bertz CT molecular complexity index is 1160. The molecule has 1 aliphatic heterocycles. The molecule has 3 heterocycles. The fraction of sp³-hybridized carbons (Fsp3) is 0.0500. The summed E-state index contributed by atoms with van der Waals surface area (Å²) in [6.07, 6.45) is 3.73. The van der Waals surface area contributed by atoms with Crippen molar-refractivity contribution in [1.82, 2.24) is 14.6 Å². The first-order chi connectivity index (χ1) is 12.7. The summed E-state index contributed by atoms with van der Waals surface area (Å²) in [7, 11) is 0. The van der Waals surface area contributed by atoms with Gasteiger partial charge in [-0.1, -0.05) is 6.07 Å². The molecular formula is C20H13FN4O. The number of nitrogens with zero attached hydrogens (tertiary/aromatic N) is 3. The van der Waals surface area contributed by atoms with Crippen molar-refractivity contribution >= 4 is 17.1 Å². The van der Waals surface area contributed by atoms with E-state index in [2.05, 4.69) is 15.4 Å². The van der Waals surface area contributed by atoms with E-state index in [1.165, 1.54) is 12.1 Å². The minimum absolute atomic E-state index is 0.0000257. The van der Waals surface area contributed by atoms with Crippen LogP contribution in [0.15, 0.2) is 61.1 Å². The maximum absolute atomic E-state index is 13.3. The zero-order valence-corrected chi connectivity index (χ0v) is 13.6.